The van der Waals surface area contributed by atoms with Crippen molar-refractivity contribution in [2.24, 2.45) is 18.9 Å². The van der Waals surface area contributed by atoms with Crippen LogP contribution in [0.15, 0.2) is 72.1 Å². The number of hydrogen-bond donors (Lipinski definition) is 2. The summed E-state index contributed by atoms with van der Waals surface area (Å²) in [5.41, 5.74) is 8.26. The maximum absolute atomic E-state index is 16.0. The van der Waals surface area contributed by atoms with Crippen molar-refractivity contribution in [1.29, 1.82) is 0 Å². The molecule has 3 fully saturated rings. The van der Waals surface area contributed by atoms with E-state index in [0.717, 1.165) is 96.0 Å². The second kappa shape index (κ2) is 18.2. The highest BCUT2D eigenvalue weighted by molar-refractivity contribution is 5.99. The molecule has 0 spiro atoms. The predicted molar refractivity (Wildman–Crippen MR) is 247 cm³/mol. The van der Waals surface area contributed by atoms with E-state index < -0.39 is 0 Å². The summed E-state index contributed by atoms with van der Waals surface area (Å²) in [4.78, 5) is 64.1. The number of nitrogens with one attached hydrogen (secondary N) is 2. The second-order valence-corrected chi connectivity index (χ2v) is 18.8. The van der Waals surface area contributed by atoms with Crippen molar-refractivity contribution in [3.8, 4) is 0 Å². The predicted octanol–water partition coefficient (Wildman–Crippen LogP) is 5.38. The number of benzene rings is 2. The number of aryl methyl sites for hydroxylation is 2. The van der Waals surface area contributed by atoms with Crippen LogP contribution >= 0.6 is 0 Å². The number of imide groups is 1. The van der Waals surface area contributed by atoms with E-state index in [2.05, 4.69) is 52.9 Å². The van der Waals surface area contributed by atoms with Crippen molar-refractivity contribution in [1.82, 2.24) is 34.9 Å². The molecule has 2 aromatic heterocycles. The van der Waals surface area contributed by atoms with Gasteiger partial charge in [0.2, 0.25) is 17.5 Å². The van der Waals surface area contributed by atoms with Crippen LogP contribution in [0.2, 0.25) is 0 Å². The third-order valence-electron chi connectivity index (χ3n) is 14.6. The van der Waals surface area contributed by atoms with Crippen LogP contribution in [0.1, 0.15) is 71.3 Å². The van der Waals surface area contributed by atoms with Crippen molar-refractivity contribution in [3.63, 3.8) is 0 Å². The molecule has 15 heteroatoms. The normalized spacial score (nSPS) is 21.0. The minimum atomic E-state index is -0.364. The molecule has 0 radical (unpaired) electrons. The molecule has 0 saturated carbocycles. The van der Waals surface area contributed by atoms with Crippen molar-refractivity contribution in [2.75, 3.05) is 70.3 Å². The Labute approximate surface area is 383 Å². The van der Waals surface area contributed by atoms with Gasteiger partial charge in [-0.1, -0.05) is 16.7 Å². The quantitative estimate of drug-likeness (QED) is 0.160. The largest absolute Gasteiger partial charge is 0.432 e. The number of halogens is 2. The Balaban J connectivity index is 0.703. The van der Waals surface area contributed by atoms with Crippen LogP contribution < -0.4 is 15.5 Å². The first-order valence-electron chi connectivity index (χ1n) is 23.4. The number of piperazine rings is 1. The van der Waals surface area contributed by atoms with Gasteiger partial charge < -0.3 is 19.7 Å². The average molecular weight is 897 g/mol. The smallest absolute Gasteiger partial charge is 0.383 e. The summed E-state index contributed by atoms with van der Waals surface area (Å²) < 4.78 is 35.0. The highest BCUT2D eigenvalue weighted by atomic mass is 19.1. The molecule has 6 aliphatic rings. The minimum absolute atomic E-state index is 0.0590. The highest BCUT2D eigenvalue weighted by Gasteiger charge is 2.35. The molecule has 1 atom stereocenters. The molecule has 13 nitrogen and oxygen atoms in total. The number of rotatable bonds is 10. The number of carbonyl (C=O) groups is 4. The first kappa shape index (κ1) is 43.6. The molecular weight excluding hydrogens is 841 g/mol. The molecule has 4 amide bonds. The van der Waals surface area contributed by atoms with Gasteiger partial charge >= 0.3 is 5.91 Å². The first-order chi connectivity index (χ1) is 32.0. The zero-order chi connectivity index (χ0) is 45.6. The summed E-state index contributed by atoms with van der Waals surface area (Å²) in [7, 11) is 2.00. The maximum Gasteiger partial charge on any atom is 0.432 e. The van der Waals surface area contributed by atoms with Crippen molar-refractivity contribution < 1.29 is 32.5 Å². The van der Waals surface area contributed by atoms with Crippen LogP contribution in [0.4, 0.5) is 20.2 Å². The zero-order valence-electron chi connectivity index (χ0n) is 37.7. The van der Waals surface area contributed by atoms with E-state index in [9.17, 15) is 19.2 Å². The van der Waals surface area contributed by atoms with Crippen LogP contribution in [-0.2, 0) is 34.4 Å². The number of aromatic nitrogens is 2. The second-order valence-electron chi connectivity index (χ2n) is 18.8. The Morgan fingerprint density at radius 2 is 1.73 bits per heavy atom. The van der Waals surface area contributed by atoms with E-state index in [4.69, 9.17) is 0 Å². The van der Waals surface area contributed by atoms with Gasteiger partial charge in [-0.05, 0) is 92.0 Å². The van der Waals surface area contributed by atoms with Gasteiger partial charge in [-0.2, -0.15) is 0 Å². The van der Waals surface area contributed by atoms with Crippen LogP contribution in [0.25, 0.3) is 16.6 Å². The number of hydrogen-bond acceptors (Lipinski definition) is 9. The standard InChI is InChI=1S/C51H55F2N9O4/c1-32-25-37(50(65)61-18-9-33(10-19-61)30-59-21-23-60(24-22-59)45-5-3-34(27-41(45)52)26-36-4-6-46(63)56-49(36)64)28-42(53)47(32)35-11-16-58(17-12-35)31-38-29-40-44(8-15-55-48(40)57(38)2)62-20-13-43-39(51(62)66)7-14-54-43/h3,5,8,11,13,15,25,27-29,33,36H,4,6-7,9-10,12,14,16-19,21-24,26,30-31H2,1-2H3,(H-,54,56,63,64,66)/p+1. The summed E-state index contributed by atoms with van der Waals surface area (Å²) >= 11 is 0. The Hall–Kier alpha value is -6.28. The molecule has 8 heterocycles. The number of nitrogens with zero attached hydrogens (tertiary/aromatic N) is 7. The average Bonchev–Trinajstić information content (AvgIpc) is 3.93. The van der Waals surface area contributed by atoms with Gasteiger partial charge in [0.1, 0.15) is 17.3 Å². The van der Waals surface area contributed by atoms with E-state index in [0.29, 0.717) is 94.1 Å². The molecule has 0 bridgehead atoms. The molecule has 4 aromatic rings. The molecule has 66 heavy (non-hydrogen) atoms. The summed E-state index contributed by atoms with van der Waals surface area (Å²) in [6, 6.07) is 12.4. The number of amides is 4. The van der Waals surface area contributed by atoms with Crippen molar-refractivity contribution in [2.45, 2.75) is 58.4 Å². The molecule has 10 rings (SSSR count). The fraction of sp³-hybridized carbons (Fsp3) is 0.431. The highest BCUT2D eigenvalue weighted by Crippen LogP contribution is 2.34. The fourth-order valence-corrected chi connectivity index (χ4v) is 10.8. The fourth-order valence-electron chi connectivity index (χ4n) is 10.8. The van der Waals surface area contributed by atoms with Crippen LogP contribution in [0.5, 0.6) is 0 Å². The Kier molecular flexibility index (Phi) is 12.0. The molecule has 342 valence electrons. The molecule has 2 N–H and O–H groups in total. The van der Waals surface area contributed by atoms with Gasteiger partial charge in [-0.25, -0.2) is 18.6 Å². The summed E-state index contributed by atoms with van der Waals surface area (Å²) in [6.07, 6.45) is 10.00. The Morgan fingerprint density at radius 3 is 2.47 bits per heavy atom. The Bertz CT molecular complexity index is 2760. The van der Waals surface area contributed by atoms with Gasteiger partial charge in [0, 0.05) is 127 Å². The molecule has 0 aliphatic carbocycles. The van der Waals surface area contributed by atoms with Crippen molar-refractivity contribution >= 4 is 57.5 Å². The topological polar surface area (TPSA) is 126 Å². The number of fused-ring (bicyclic) bond motifs is 1. The van der Waals surface area contributed by atoms with E-state index in [1.807, 2.05) is 49.2 Å². The van der Waals surface area contributed by atoms with Crippen molar-refractivity contribution in [3.05, 3.63) is 112 Å². The summed E-state index contributed by atoms with van der Waals surface area (Å²) in [5, 5.41) is 6.52. The molecular formula is C51H56F2N9O4+. The lowest BCUT2D eigenvalue weighted by molar-refractivity contribution is -0.354. The van der Waals surface area contributed by atoms with Gasteiger partial charge in [0.05, 0.1) is 28.4 Å². The van der Waals surface area contributed by atoms with Gasteiger partial charge in [0.25, 0.3) is 5.91 Å². The van der Waals surface area contributed by atoms with Crippen LogP contribution in [0.3, 0.4) is 0 Å². The Morgan fingerprint density at radius 1 is 0.909 bits per heavy atom. The van der Waals surface area contributed by atoms with Gasteiger partial charge in [0.15, 0.2) is 5.87 Å². The van der Waals surface area contributed by atoms with Crippen LogP contribution in [0, 0.1) is 30.4 Å². The third-order valence-corrected chi connectivity index (χ3v) is 14.6. The molecule has 2 aromatic carbocycles. The SMILES string of the molecule is Cc1cc(C(=O)N2CCC(CN3CCN(c4ccc(CC5CCC(=O)NC5=O)cc4F)CC3)CC2)cc(F)c1C1=CCN(Cc2cc3c([N+]4=C=CC5=C(CCN5)C4=O)ccnc3n2C)CC1. The molecule has 6 aliphatic heterocycles. The first-order valence-corrected chi connectivity index (χ1v) is 23.4. The number of likely N-dealkylation sites (tertiary alicyclic amines) is 1. The summed E-state index contributed by atoms with van der Waals surface area (Å²) in [6.45, 7) is 9.92. The molecule has 1 unspecified atom stereocenters. The van der Waals surface area contributed by atoms with Crippen LogP contribution in [-0.4, -0.2) is 124 Å². The third kappa shape index (κ3) is 8.63. The van der Waals surface area contributed by atoms with E-state index >= 15 is 8.78 Å². The van der Waals surface area contributed by atoms with E-state index in [1.165, 1.54) is 12.1 Å². The lowest BCUT2D eigenvalue weighted by atomic mass is 9.91. The lowest BCUT2D eigenvalue weighted by Crippen LogP contribution is -2.49. The minimum Gasteiger partial charge on any atom is -0.383 e. The number of pyridine rings is 1. The lowest BCUT2D eigenvalue weighted by Gasteiger charge is -2.39. The number of anilines is 1. The number of carbonyl (C=O) groups excluding carboxylic acids is 4. The number of piperidine rings is 2. The summed E-state index contributed by atoms with van der Waals surface area (Å²) in [5.74, 6) is 1.89. The molecule has 3 saturated heterocycles. The maximum atomic E-state index is 16.0. The zero-order valence-corrected chi connectivity index (χ0v) is 37.7. The van der Waals surface area contributed by atoms with Gasteiger partial charge in [-0.3, -0.25) is 29.5 Å². The number of allylic oxidation sites excluding steroid dienone is 1. The van der Waals surface area contributed by atoms with E-state index in [1.54, 1.807) is 10.8 Å². The van der Waals surface area contributed by atoms with Gasteiger partial charge in [-0.15, -0.1) is 0 Å². The van der Waals surface area contributed by atoms with E-state index in [-0.39, 0.29) is 41.2 Å². The monoisotopic (exact) mass is 896 g/mol.